The Kier molecular flexibility index (Phi) is 8.95. The normalized spacial score (nSPS) is 16.1. The van der Waals surface area contributed by atoms with Gasteiger partial charge in [-0.1, -0.05) is 42.1 Å². The SMILES string of the molecule is CC(C(=O)NC1CCCC1)N(Cc1ccc(Cl)cc1Cl)C(=O)CN(c1ccc2c(c1)OCCO2)S(C)(=O)=O. The van der Waals surface area contributed by atoms with Crippen molar-refractivity contribution in [1.82, 2.24) is 10.2 Å². The fraction of sp³-hybridized carbons (Fsp3) is 0.462. The van der Waals surface area contributed by atoms with Crippen LogP contribution in [0.1, 0.15) is 38.2 Å². The van der Waals surface area contributed by atoms with E-state index in [9.17, 15) is 18.0 Å². The zero-order chi connectivity index (χ0) is 27.4. The van der Waals surface area contributed by atoms with Crippen LogP contribution in [0.3, 0.4) is 0 Å². The van der Waals surface area contributed by atoms with Crippen LogP contribution in [0.5, 0.6) is 11.5 Å². The van der Waals surface area contributed by atoms with Crippen LogP contribution in [-0.2, 0) is 26.2 Å². The zero-order valence-electron chi connectivity index (χ0n) is 21.3. The van der Waals surface area contributed by atoms with Gasteiger partial charge in [-0.15, -0.1) is 0 Å². The lowest BCUT2D eigenvalue weighted by Gasteiger charge is -2.32. The molecule has 2 aromatic carbocycles. The summed E-state index contributed by atoms with van der Waals surface area (Å²) in [5.41, 5.74) is 0.827. The summed E-state index contributed by atoms with van der Waals surface area (Å²) in [6.45, 7) is 1.82. The average molecular weight is 585 g/mol. The molecular formula is C26H31Cl2N3O6S. The molecule has 1 aliphatic heterocycles. The van der Waals surface area contributed by atoms with E-state index < -0.39 is 28.5 Å². The largest absolute Gasteiger partial charge is 0.486 e. The molecule has 1 aliphatic carbocycles. The van der Waals surface area contributed by atoms with Crippen LogP contribution < -0.4 is 19.1 Å². The van der Waals surface area contributed by atoms with Crippen molar-refractivity contribution in [3.8, 4) is 11.5 Å². The second kappa shape index (κ2) is 12.0. The Bertz CT molecular complexity index is 1300. The summed E-state index contributed by atoms with van der Waals surface area (Å²) in [5, 5.41) is 3.80. The third-order valence-corrected chi connectivity index (χ3v) is 8.45. The molecule has 0 radical (unpaired) electrons. The zero-order valence-corrected chi connectivity index (χ0v) is 23.6. The first-order valence-electron chi connectivity index (χ1n) is 12.4. The Morgan fingerprint density at radius 1 is 1.05 bits per heavy atom. The molecule has 0 spiro atoms. The molecule has 206 valence electrons. The van der Waals surface area contributed by atoms with E-state index in [2.05, 4.69) is 5.32 Å². The van der Waals surface area contributed by atoms with Crippen molar-refractivity contribution >= 4 is 50.7 Å². The Labute approximate surface area is 233 Å². The summed E-state index contributed by atoms with van der Waals surface area (Å²) in [7, 11) is -3.88. The maximum absolute atomic E-state index is 13.7. The van der Waals surface area contributed by atoms with Crippen molar-refractivity contribution < 1.29 is 27.5 Å². The quantitative estimate of drug-likeness (QED) is 0.478. The minimum atomic E-state index is -3.88. The standard InChI is InChI=1S/C26H31Cl2N3O6S/c1-17(26(33)29-20-5-3-4-6-20)30(15-18-7-8-19(27)13-22(18)28)25(32)16-31(38(2,34)35)21-9-10-23-24(14-21)37-12-11-36-23/h7-10,13-14,17,20H,3-6,11-12,15-16H2,1-2H3,(H,29,33). The van der Waals surface area contributed by atoms with Gasteiger partial charge in [0.25, 0.3) is 0 Å². The van der Waals surface area contributed by atoms with Gasteiger partial charge in [0.1, 0.15) is 25.8 Å². The van der Waals surface area contributed by atoms with Crippen molar-refractivity contribution in [2.24, 2.45) is 0 Å². The number of hydrogen-bond acceptors (Lipinski definition) is 6. The minimum Gasteiger partial charge on any atom is -0.486 e. The monoisotopic (exact) mass is 583 g/mol. The second-order valence-corrected chi connectivity index (χ2v) is 12.3. The van der Waals surface area contributed by atoms with Crippen molar-refractivity contribution in [3.05, 3.63) is 52.0 Å². The van der Waals surface area contributed by atoms with Crippen molar-refractivity contribution in [3.63, 3.8) is 0 Å². The van der Waals surface area contributed by atoms with Crippen LogP contribution in [0.15, 0.2) is 36.4 Å². The van der Waals surface area contributed by atoms with E-state index in [4.69, 9.17) is 32.7 Å². The maximum Gasteiger partial charge on any atom is 0.244 e. The smallest absolute Gasteiger partial charge is 0.244 e. The molecule has 2 amide bonds. The van der Waals surface area contributed by atoms with Gasteiger partial charge in [-0.05, 0) is 49.6 Å². The highest BCUT2D eigenvalue weighted by atomic mass is 35.5. The summed E-state index contributed by atoms with van der Waals surface area (Å²) in [5.74, 6) is 0.0194. The molecule has 0 aromatic heterocycles. The van der Waals surface area contributed by atoms with Crippen molar-refractivity contribution in [1.29, 1.82) is 0 Å². The molecule has 0 bridgehead atoms. The number of rotatable bonds is 9. The highest BCUT2D eigenvalue weighted by molar-refractivity contribution is 7.92. The lowest BCUT2D eigenvalue weighted by atomic mass is 10.1. The van der Waals surface area contributed by atoms with Crippen LogP contribution >= 0.6 is 23.2 Å². The van der Waals surface area contributed by atoms with Crippen molar-refractivity contribution in [2.45, 2.75) is 51.2 Å². The summed E-state index contributed by atoms with van der Waals surface area (Å²) in [6.07, 6.45) is 4.89. The molecule has 12 heteroatoms. The van der Waals surface area contributed by atoms with E-state index in [1.165, 1.54) is 11.0 Å². The molecule has 2 aliphatic rings. The van der Waals surface area contributed by atoms with Gasteiger partial charge in [-0.2, -0.15) is 0 Å². The number of nitrogens with one attached hydrogen (secondary N) is 1. The Morgan fingerprint density at radius 3 is 2.39 bits per heavy atom. The molecule has 1 unspecified atom stereocenters. The fourth-order valence-electron chi connectivity index (χ4n) is 4.61. The molecule has 9 nitrogen and oxygen atoms in total. The molecule has 1 saturated carbocycles. The Balaban J connectivity index is 1.62. The number of amides is 2. The van der Waals surface area contributed by atoms with E-state index in [0.717, 1.165) is 36.2 Å². The molecule has 1 fully saturated rings. The summed E-state index contributed by atoms with van der Waals surface area (Å²) in [4.78, 5) is 28.3. The number of ether oxygens (including phenoxy) is 2. The summed E-state index contributed by atoms with van der Waals surface area (Å²) < 4.78 is 37.7. The van der Waals surface area contributed by atoms with E-state index in [0.29, 0.717) is 40.3 Å². The van der Waals surface area contributed by atoms with Crippen LogP contribution in [-0.4, -0.2) is 63.2 Å². The number of anilines is 1. The Hall–Kier alpha value is -2.69. The third-order valence-electron chi connectivity index (χ3n) is 6.72. The first kappa shape index (κ1) is 28.3. The van der Waals surface area contributed by atoms with Gasteiger partial charge >= 0.3 is 0 Å². The van der Waals surface area contributed by atoms with Crippen LogP contribution in [0.25, 0.3) is 0 Å². The summed E-state index contributed by atoms with van der Waals surface area (Å²) in [6, 6.07) is 8.76. The molecule has 1 atom stereocenters. The number of benzene rings is 2. The minimum absolute atomic E-state index is 0.00711. The van der Waals surface area contributed by atoms with Gasteiger partial charge in [-0.3, -0.25) is 13.9 Å². The van der Waals surface area contributed by atoms with Gasteiger partial charge < -0.3 is 19.7 Å². The molecule has 38 heavy (non-hydrogen) atoms. The van der Waals surface area contributed by atoms with E-state index in [1.807, 2.05) is 0 Å². The second-order valence-electron chi connectivity index (χ2n) is 9.52. The number of nitrogens with zero attached hydrogens (tertiary/aromatic N) is 2. The Morgan fingerprint density at radius 2 is 1.74 bits per heavy atom. The number of sulfonamides is 1. The molecular weight excluding hydrogens is 553 g/mol. The van der Waals surface area contributed by atoms with Crippen LogP contribution in [0.2, 0.25) is 10.0 Å². The average Bonchev–Trinajstić information content (AvgIpc) is 3.38. The van der Waals surface area contributed by atoms with E-state index in [-0.39, 0.29) is 24.2 Å². The number of fused-ring (bicyclic) bond motifs is 1. The first-order chi connectivity index (χ1) is 18.0. The predicted octanol–water partition coefficient (Wildman–Crippen LogP) is 4.01. The molecule has 1 heterocycles. The molecule has 1 N–H and O–H groups in total. The molecule has 2 aromatic rings. The topological polar surface area (TPSA) is 105 Å². The number of carbonyl (C=O) groups is 2. The lowest BCUT2D eigenvalue weighted by molar-refractivity contribution is -0.139. The highest BCUT2D eigenvalue weighted by Gasteiger charge is 2.32. The van der Waals surface area contributed by atoms with Gasteiger partial charge in [-0.25, -0.2) is 8.42 Å². The number of halogens is 2. The highest BCUT2D eigenvalue weighted by Crippen LogP contribution is 2.35. The number of hydrogen-bond donors (Lipinski definition) is 1. The van der Waals surface area contributed by atoms with Gasteiger partial charge in [0.15, 0.2) is 11.5 Å². The molecule has 4 rings (SSSR count). The summed E-state index contributed by atoms with van der Waals surface area (Å²) >= 11 is 12.4. The van der Waals surface area contributed by atoms with Crippen molar-refractivity contribution in [2.75, 3.05) is 30.3 Å². The van der Waals surface area contributed by atoms with Gasteiger partial charge in [0, 0.05) is 28.7 Å². The predicted molar refractivity (Wildman–Crippen MR) is 146 cm³/mol. The van der Waals surface area contributed by atoms with E-state index >= 15 is 0 Å². The lowest BCUT2D eigenvalue weighted by Crippen LogP contribution is -2.52. The maximum atomic E-state index is 13.7. The first-order valence-corrected chi connectivity index (χ1v) is 15.0. The third kappa shape index (κ3) is 6.84. The van der Waals surface area contributed by atoms with Crippen LogP contribution in [0.4, 0.5) is 5.69 Å². The fourth-order valence-corrected chi connectivity index (χ4v) is 5.92. The van der Waals surface area contributed by atoms with Crippen LogP contribution in [0, 0.1) is 0 Å². The number of carbonyl (C=O) groups excluding carboxylic acids is 2. The van der Waals surface area contributed by atoms with E-state index in [1.54, 1.807) is 37.3 Å². The molecule has 0 saturated heterocycles. The van der Waals surface area contributed by atoms with Gasteiger partial charge in [0.05, 0.1) is 11.9 Å². The van der Waals surface area contributed by atoms with Gasteiger partial charge in [0.2, 0.25) is 21.8 Å².